The molecule has 0 bridgehead atoms. The standard InChI is InChI=1S/C18H19NO7S/c1-17(2)25-12-9-23-18(19-10-27,16(21)22-3)14(13(12)26-17)24-15(20)11-7-5-4-6-8-11/h4-8,12-14H,9H2,1-3H3/t12-,13-,14+,18?/m1/s1. The van der Waals surface area contributed by atoms with Gasteiger partial charge in [0, 0.05) is 0 Å². The van der Waals surface area contributed by atoms with Gasteiger partial charge < -0.3 is 23.7 Å². The number of rotatable bonds is 4. The summed E-state index contributed by atoms with van der Waals surface area (Å²) in [6.07, 6.45) is -2.66. The lowest BCUT2D eigenvalue weighted by Gasteiger charge is -2.41. The summed E-state index contributed by atoms with van der Waals surface area (Å²) in [4.78, 5) is 29.1. The van der Waals surface area contributed by atoms with Crippen LogP contribution in [0.2, 0.25) is 0 Å². The van der Waals surface area contributed by atoms with E-state index in [1.54, 1.807) is 44.2 Å². The van der Waals surface area contributed by atoms with E-state index in [0.717, 1.165) is 0 Å². The summed E-state index contributed by atoms with van der Waals surface area (Å²) >= 11 is 4.68. The molecule has 2 aliphatic rings. The molecule has 0 radical (unpaired) electrons. The number of esters is 2. The van der Waals surface area contributed by atoms with Gasteiger partial charge in [-0.15, -0.1) is 0 Å². The van der Waals surface area contributed by atoms with E-state index >= 15 is 0 Å². The SMILES string of the molecule is COC(=O)C1(N=C=S)OC[C@H]2OC(C)(C)O[C@H]2[C@@H]1OC(=O)c1ccccc1. The van der Waals surface area contributed by atoms with E-state index in [1.165, 1.54) is 7.11 Å². The van der Waals surface area contributed by atoms with E-state index in [-0.39, 0.29) is 6.61 Å². The quantitative estimate of drug-likeness (QED) is 0.434. The first kappa shape index (κ1) is 19.6. The van der Waals surface area contributed by atoms with Gasteiger partial charge in [-0.1, -0.05) is 18.2 Å². The number of fused-ring (bicyclic) bond motifs is 1. The van der Waals surface area contributed by atoms with Gasteiger partial charge in [0.1, 0.15) is 12.2 Å². The van der Waals surface area contributed by atoms with Crippen molar-refractivity contribution in [3.63, 3.8) is 0 Å². The average molecular weight is 393 g/mol. The van der Waals surface area contributed by atoms with Crippen molar-refractivity contribution in [1.29, 1.82) is 0 Å². The largest absolute Gasteiger partial charge is 0.465 e. The fourth-order valence-corrected chi connectivity index (χ4v) is 3.33. The molecule has 1 aromatic rings. The molecule has 0 N–H and O–H groups in total. The summed E-state index contributed by atoms with van der Waals surface area (Å²) in [5.74, 6) is -2.51. The molecule has 1 aromatic carbocycles. The maximum atomic E-state index is 12.7. The summed E-state index contributed by atoms with van der Waals surface area (Å²) in [6, 6.07) is 8.32. The Kier molecular flexibility index (Phi) is 5.41. The van der Waals surface area contributed by atoms with Crippen LogP contribution in [0.25, 0.3) is 0 Å². The Bertz CT molecular complexity index is 777. The number of thiocarbonyl (C=S) groups is 1. The van der Waals surface area contributed by atoms with Crippen LogP contribution in [0.5, 0.6) is 0 Å². The highest BCUT2D eigenvalue weighted by atomic mass is 32.1. The molecule has 1 unspecified atom stereocenters. The summed E-state index contributed by atoms with van der Waals surface area (Å²) in [7, 11) is 1.17. The van der Waals surface area contributed by atoms with Crippen LogP contribution >= 0.6 is 12.2 Å². The Labute approximate surface area is 161 Å². The van der Waals surface area contributed by atoms with Crippen LogP contribution < -0.4 is 0 Å². The molecule has 9 heteroatoms. The van der Waals surface area contributed by atoms with E-state index in [1.807, 2.05) is 0 Å². The van der Waals surface area contributed by atoms with Crippen LogP contribution in [-0.4, -0.2) is 60.6 Å². The molecule has 0 spiro atoms. The molecule has 0 amide bonds. The molecule has 144 valence electrons. The maximum Gasteiger partial charge on any atom is 0.366 e. The topological polar surface area (TPSA) is 92.7 Å². The van der Waals surface area contributed by atoms with Crippen LogP contribution in [0, 0.1) is 0 Å². The van der Waals surface area contributed by atoms with Gasteiger partial charge >= 0.3 is 17.7 Å². The molecule has 2 aliphatic heterocycles. The summed E-state index contributed by atoms with van der Waals surface area (Å²) in [6.45, 7) is 3.40. The third kappa shape index (κ3) is 3.65. The first-order valence-corrected chi connectivity index (χ1v) is 8.67. The minimum Gasteiger partial charge on any atom is -0.465 e. The molecule has 0 aromatic heterocycles. The number of hydrogen-bond acceptors (Lipinski definition) is 9. The minimum absolute atomic E-state index is 0.0247. The molecule has 8 nitrogen and oxygen atoms in total. The lowest BCUT2D eigenvalue weighted by molar-refractivity contribution is -0.222. The third-order valence-corrected chi connectivity index (χ3v) is 4.40. The van der Waals surface area contributed by atoms with Gasteiger partial charge in [0.25, 0.3) is 0 Å². The Balaban J connectivity index is 2.01. The maximum absolute atomic E-state index is 12.7. The smallest absolute Gasteiger partial charge is 0.366 e. The highest BCUT2D eigenvalue weighted by Gasteiger charge is 2.64. The lowest BCUT2D eigenvalue weighted by atomic mass is 9.94. The Morgan fingerprint density at radius 2 is 1.96 bits per heavy atom. The second-order valence-corrected chi connectivity index (χ2v) is 6.72. The zero-order chi connectivity index (χ0) is 19.7. The predicted octanol–water partition coefficient (Wildman–Crippen LogP) is 1.73. The van der Waals surface area contributed by atoms with Crippen molar-refractivity contribution in [2.24, 2.45) is 4.99 Å². The number of hydrogen-bond donors (Lipinski definition) is 0. The molecule has 27 heavy (non-hydrogen) atoms. The third-order valence-electron chi connectivity index (χ3n) is 4.31. The van der Waals surface area contributed by atoms with E-state index in [4.69, 9.17) is 23.7 Å². The van der Waals surface area contributed by atoms with E-state index in [2.05, 4.69) is 22.4 Å². The average Bonchev–Trinajstić information content (AvgIpc) is 2.98. The van der Waals surface area contributed by atoms with Crippen molar-refractivity contribution in [3.8, 4) is 0 Å². The zero-order valence-electron chi connectivity index (χ0n) is 15.0. The number of isothiocyanates is 1. The Morgan fingerprint density at radius 1 is 1.26 bits per heavy atom. The van der Waals surface area contributed by atoms with Gasteiger partial charge in [0.2, 0.25) is 0 Å². The van der Waals surface area contributed by atoms with Crippen molar-refractivity contribution in [3.05, 3.63) is 35.9 Å². The monoisotopic (exact) mass is 393 g/mol. The fourth-order valence-electron chi connectivity index (χ4n) is 3.20. The molecule has 2 fully saturated rings. The van der Waals surface area contributed by atoms with Crippen LogP contribution in [0.3, 0.4) is 0 Å². The molecule has 4 atom stereocenters. The summed E-state index contributed by atoms with van der Waals surface area (Å²) in [5.41, 5.74) is -1.73. The number of ether oxygens (including phenoxy) is 5. The second-order valence-electron chi connectivity index (χ2n) is 6.53. The predicted molar refractivity (Wildman–Crippen MR) is 95.2 cm³/mol. The molecular formula is C18H19NO7S. The molecule has 0 aliphatic carbocycles. The van der Waals surface area contributed by atoms with Crippen LogP contribution in [0.15, 0.2) is 35.3 Å². The van der Waals surface area contributed by atoms with Crippen LogP contribution in [0.4, 0.5) is 0 Å². The summed E-state index contributed by atoms with van der Waals surface area (Å²) in [5, 5.41) is 2.13. The highest BCUT2D eigenvalue weighted by molar-refractivity contribution is 7.78. The van der Waals surface area contributed by atoms with Gasteiger partial charge in [-0.05, 0) is 38.2 Å². The van der Waals surface area contributed by atoms with Crippen molar-refractivity contribution in [2.75, 3.05) is 13.7 Å². The van der Waals surface area contributed by atoms with Gasteiger partial charge in [-0.25, -0.2) is 9.59 Å². The van der Waals surface area contributed by atoms with Gasteiger partial charge in [0.05, 0.1) is 24.4 Å². The van der Waals surface area contributed by atoms with Crippen molar-refractivity contribution in [2.45, 2.75) is 43.7 Å². The van der Waals surface area contributed by atoms with E-state index < -0.39 is 41.8 Å². The molecule has 2 saturated heterocycles. The normalized spacial score (nSPS) is 31.3. The molecule has 3 rings (SSSR count). The Morgan fingerprint density at radius 3 is 2.59 bits per heavy atom. The van der Waals surface area contributed by atoms with Crippen LogP contribution in [0.1, 0.15) is 24.2 Å². The van der Waals surface area contributed by atoms with Gasteiger partial charge in [0.15, 0.2) is 11.9 Å². The number of carbonyl (C=O) groups excluding carboxylic acids is 2. The van der Waals surface area contributed by atoms with Crippen molar-refractivity contribution >= 4 is 29.3 Å². The first-order valence-electron chi connectivity index (χ1n) is 8.26. The molecule has 2 heterocycles. The van der Waals surface area contributed by atoms with Gasteiger partial charge in [-0.3, -0.25) is 0 Å². The fraction of sp³-hybridized carbons (Fsp3) is 0.500. The first-order chi connectivity index (χ1) is 12.8. The number of carbonyl (C=O) groups is 2. The number of nitrogens with zero attached hydrogens (tertiary/aromatic N) is 1. The number of aliphatic imine (C=N–C) groups is 1. The minimum atomic E-state index is -2.02. The lowest BCUT2D eigenvalue weighted by Crippen LogP contribution is -2.64. The van der Waals surface area contributed by atoms with Gasteiger partial charge in [-0.2, -0.15) is 4.99 Å². The number of benzene rings is 1. The summed E-state index contributed by atoms with van der Waals surface area (Å²) < 4.78 is 27.8. The zero-order valence-corrected chi connectivity index (χ0v) is 15.9. The van der Waals surface area contributed by atoms with Crippen molar-refractivity contribution in [1.82, 2.24) is 0 Å². The number of methoxy groups -OCH3 is 1. The Hall–Kier alpha value is -2.16. The molecule has 0 saturated carbocycles. The van der Waals surface area contributed by atoms with Crippen molar-refractivity contribution < 1.29 is 33.3 Å². The van der Waals surface area contributed by atoms with E-state index in [0.29, 0.717) is 5.56 Å². The van der Waals surface area contributed by atoms with E-state index in [9.17, 15) is 9.59 Å². The molecular weight excluding hydrogens is 374 g/mol. The highest BCUT2D eigenvalue weighted by Crippen LogP contribution is 2.41. The van der Waals surface area contributed by atoms with Crippen LogP contribution in [-0.2, 0) is 28.5 Å². The second kappa shape index (κ2) is 7.46.